The summed E-state index contributed by atoms with van der Waals surface area (Å²) in [5, 5.41) is 6.44. The van der Waals surface area contributed by atoms with E-state index in [9.17, 15) is 0 Å². The van der Waals surface area contributed by atoms with Crippen LogP contribution >= 0.6 is 11.3 Å². The van der Waals surface area contributed by atoms with Crippen molar-refractivity contribution in [1.29, 1.82) is 0 Å². The first kappa shape index (κ1) is 16.0. The van der Waals surface area contributed by atoms with Crippen LogP contribution in [-0.2, 0) is 4.74 Å². The molecule has 0 bridgehead atoms. The van der Waals surface area contributed by atoms with Crippen LogP contribution < -0.4 is 10.2 Å². The van der Waals surface area contributed by atoms with Crippen molar-refractivity contribution in [2.45, 2.75) is 33.3 Å². The topological polar surface area (TPSA) is 50.3 Å². The SMILES string of the molecule is CCCNc1nc(N(C)CCOC(C)C)c2ccsc2n1. The fourth-order valence-corrected chi connectivity index (χ4v) is 2.74. The minimum absolute atomic E-state index is 0.256. The van der Waals surface area contributed by atoms with Gasteiger partial charge in [0.25, 0.3) is 0 Å². The molecule has 0 spiro atoms. The molecule has 0 atom stereocenters. The van der Waals surface area contributed by atoms with Crippen LogP contribution in [0.5, 0.6) is 0 Å². The van der Waals surface area contributed by atoms with E-state index in [4.69, 9.17) is 4.74 Å². The summed E-state index contributed by atoms with van der Waals surface area (Å²) in [7, 11) is 2.05. The third-order valence-corrected chi connectivity index (χ3v) is 3.88. The number of hydrogen-bond acceptors (Lipinski definition) is 6. The van der Waals surface area contributed by atoms with Gasteiger partial charge in [0.15, 0.2) is 0 Å². The van der Waals surface area contributed by atoms with E-state index in [0.29, 0.717) is 12.6 Å². The quantitative estimate of drug-likeness (QED) is 0.810. The van der Waals surface area contributed by atoms with Crippen molar-refractivity contribution >= 4 is 33.3 Å². The summed E-state index contributed by atoms with van der Waals surface area (Å²) in [6.07, 6.45) is 1.31. The average molecular weight is 308 g/mol. The van der Waals surface area contributed by atoms with Gasteiger partial charge in [0.2, 0.25) is 5.95 Å². The average Bonchev–Trinajstić information content (AvgIpc) is 2.91. The zero-order valence-corrected chi connectivity index (χ0v) is 14.0. The number of anilines is 2. The van der Waals surface area contributed by atoms with Crippen molar-refractivity contribution < 1.29 is 4.74 Å². The highest BCUT2D eigenvalue weighted by molar-refractivity contribution is 7.16. The standard InChI is InChI=1S/C15H24N4OS/c1-5-7-16-15-17-13(12-6-10-21-14(12)18-15)19(4)8-9-20-11(2)3/h6,10-11H,5,7-9H2,1-4H3,(H,16,17,18). The summed E-state index contributed by atoms with van der Waals surface area (Å²) >= 11 is 1.65. The number of rotatable bonds is 8. The Bertz CT molecular complexity index is 570. The molecular formula is C15H24N4OS. The molecule has 0 radical (unpaired) electrons. The van der Waals surface area contributed by atoms with Crippen LogP contribution in [0.3, 0.4) is 0 Å². The van der Waals surface area contributed by atoms with E-state index in [2.05, 4.69) is 52.4 Å². The van der Waals surface area contributed by atoms with E-state index in [1.165, 1.54) is 0 Å². The highest BCUT2D eigenvalue weighted by Gasteiger charge is 2.12. The second-order valence-corrected chi connectivity index (χ2v) is 6.17. The van der Waals surface area contributed by atoms with Gasteiger partial charge in [0.05, 0.1) is 18.1 Å². The Balaban J connectivity index is 2.17. The minimum Gasteiger partial charge on any atom is -0.377 e. The second-order valence-electron chi connectivity index (χ2n) is 5.28. The first-order chi connectivity index (χ1) is 10.1. The van der Waals surface area contributed by atoms with Gasteiger partial charge in [-0.25, -0.2) is 4.98 Å². The summed E-state index contributed by atoms with van der Waals surface area (Å²) < 4.78 is 5.62. The van der Waals surface area contributed by atoms with Crippen LogP contribution in [-0.4, -0.2) is 42.8 Å². The van der Waals surface area contributed by atoms with Gasteiger partial charge in [0, 0.05) is 20.1 Å². The Labute approximate surface area is 130 Å². The molecule has 6 heteroatoms. The van der Waals surface area contributed by atoms with Crippen LogP contribution in [0.2, 0.25) is 0 Å². The molecular weight excluding hydrogens is 284 g/mol. The fourth-order valence-electron chi connectivity index (χ4n) is 1.98. The normalized spacial score (nSPS) is 11.3. The summed E-state index contributed by atoms with van der Waals surface area (Å²) in [6, 6.07) is 2.08. The molecule has 0 unspecified atom stereocenters. The highest BCUT2D eigenvalue weighted by atomic mass is 32.1. The molecule has 0 saturated carbocycles. The van der Waals surface area contributed by atoms with Gasteiger partial charge >= 0.3 is 0 Å². The van der Waals surface area contributed by atoms with E-state index in [1.54, 1.807) is 11.3 Å². The molecule has 0 aliphatic rings. The van der Waals surface area contributed by atoms with Crippen molar-refractivity contribution in [2.75, 3.05) is 37.0 Å². The maximum atomic E-state index is 5.62. The number of nitrogens with zero attached hydrogens (tertiary/aromatic N) is 3. The molecule has 1 N–H and O–H groups in total. The number of likely N-dealkylation sites (N-methyl/N-ethyl adjacent to an activating group) is 1. The number of fused-ring (bicyclic) bond motifs is 1. The highest BCUT2D eigenvalue weighted by Crippen LogP contribution is 2.28. The van der Waals surface area contributed by atoms with Crippen molar-refractivity contribution in [3.05, 3.63) is 11.4 Å². The molecule has 5 nitrogen and oxygen atoms in total. The van der Waals surface area contributed by atoms with E-state index in [1.807, 2.05) is 7.05 Å². The van der Waals surface area contributed by atoms with Crippen LogP contribution in [0, 0.1) is 0 Å². The molecule has 2 heterocycles. The molecule has 0 aromatic carbocycles. The van der Waals surface area contributed by atoms with Gasteiger partial charge in [-0.1, -0.05) is 6.92 Å². The van der Waals surface area contributed by atoms with Crippen molar-refractivity contribution in [1.82, 2.24) is 9.97 Å². The largest absolute Gasteiger partial charge is 0.377 e. The third kappa shape index (κ3) is 4.28. The molecule has 21 heavy (non-hydrogen) atoms. The van der Waals surface area contributed by atoms with Crippen LogP contribution in [0.1, 0.15) is 27.2 Å². The van der Waals surface area contributed by atoms with E-state index < -0.39 is 0 Å². The Morgan fingerprint density at radius 3 is 2.90 bits per heavy atom. The predicted octanol–water partition coefficient (Wildman–Crippen LogP) is 3.37. The summed E-state index contributed by atoms with van der Waals surface area (Å²) in [6.45, 7) is 8.63. The molecule has 0 amide bonds. The summed E-state index contributed by atoms with van der Waals surface area (Å²) in [5.41, 5.74) is 0. The number of nitrogens with one attached hydrogen (secondary N) is 1. The van der Waals surface area contributed by atoms with Crippen LogP contribution in [0.15, 0.2) is 11.4 Å². The van der Waals surface area contributed by atoms with Gasteiger partial charge in [-0.05, 0) is 31.7 Å². The number of hydrogen-bond donors (Lipinski definition) is 1. The zero-order chi connectivity index (χ0) is 15.2. The predicted molar refractivity (Wildman–Crippen MR) is 90.6 cm³/mol. The molecule has 0 saturated heterocycles. The molecule has 116 valence electrons. The van der Waals surface area contributed by atoms with Gasteiger partial charge in [-0.3, -0.25) is 0 Å². The first-order valence-corrected chi connectivity index (χ1v) is 8.31. The maximum absolute atomic E-state index is 5.62. The lowest BCUT2D eigenvalue weighted by atomic mass is 10.3. The van der Waals surface area contributed by atoms with Gasteiger partial charge in [-0.2, -0.15) is 4.98 Å². The number of thiophene rings is 1. The molecule has 2 rings (SSSR count). The monoisotopic (exact) mass is 308 g/mol. The van der Waals surface area contributed by atoms with Gasteiger partial charge in [-0.15, -0.1) is 11.3 Å². The first-order valence-electron chi connectivity index (χ1n) is 7.43. The van der Waals surface area contributed by atoms with Crippen LogP contribution in [0.4, 0.5) is 11.8 Å². The maximum Gasteiger partial charge on any atom is 0.226 e. The van der Waals surface area contributed by atoms with Crippen LogP contribution in [0.25, 0.3) is 10.2 Å². The summed E-state index contributed by atoms with van der Waals surface area (Å²) in [4.78, 5) is 12.4. The molecule has 0 aliphatic heterocycles. The molecule has 2 aromatic rings. The van der Waals surface area contributed by atoms with E-state index in [-0.39, 0.29) is 6.10 Å². The Hall–Kier alpha value is -1.40. The summed E-state index contributed by atoms with van der Waals surface area (Å²) in [5.74, 6) is 1.67. The minimum atomic E-state index is 0.256. The Morgan fingerprint density at radius 1 is 1.38 bits per heavy atom. The second kappa shape index (κ2) is 7.56. The van der Waals surface area contributed by atoms with Crippen molar-refractivity contribution in [3.8, 4) is 0 Å². The van der Waals surface area contributed by atoms with E-state index >= 15 is 0 Å². The third-order valence-electron chi connectivity index (χ3n) is 3.08. The Morgan fingerprint density at radius 2 is 2.19 bits per heavy atom. The lowest BCUT2D eigenvalue weighted by Gasteiger charge is -2.20. The number of aromatic nitrogens is 2. The Kier molecular flexibility index (Phi) is 5.76. The van der Waals surface area contributed by atoms with Crippen molar-refractivity contribution in [3.63, 3.8) is 0 Å². The smallest absolute Gasteiger partial charge is 0.226 e. The zero-order valence-electron chi connectivity index (χ0n) is 13.2. The lowest BCUT2D eigenvalue weighted by molar-refractivity contribution is 0.0845. The van der Waals surface area contributed by atoms with E-state index in [0.717, 1.165) is 35.5 Å². The number of ether oxygens (including phenoxy) is 1. The molecule has 2 aromatic heterocycles. The van der Waals surface area contributed by atoms with Gasteiger partial charge in [0.1, 0.15) is 10.6 Å². The lowest BCUT2D eigenvalue weighted by Crippen LogP contribution is -2.25. The molecule has 0 aliphatic carbocycles. The fraction of sp³-hybridized carbons (Fsp3) is 0.600. The van der Waals surface area contributed by atoms with Crippen molar-refractivity contribution in [2.24, 2.45) is 0 Å². The molecule has 0 fully saturated rings. The van der Waals surface area contributed by atoms with Gasteiger partial charge < -0.3 is 15.0 Å².